The summed E-state index contributed by atoms with van der Waals surface area (Å²) in [6, 6.07) is 10.1. The normalized spacial score (nSPS) is 10.3. The number of ether oxygens (including phenoxy) is 2. The van der Waals surface area contributed by atoms with Gasteiger partial charge in [0, 0.05) is 22.4 Å². The predicted molar refractivity (Wildman–Crippen MR) is 80.6 cm³/mol. The third-order valence-electron chi connectivity index (χ3n) is 2.93. The second-order valence-electron chi connectivity index (χ2n) is 4.14. The van der Waals surface area contributed by atoms with E-state index in [1.54, 1.807) is 14.2 Å². The van der Waals surface area contributed by atoms with E-state index < -0.39 is 0 Å². The van der Waals surface area contributed by atoms with E-state index in [0.717, 1.165) is 30.2 Å². The van der Waals surface area contributed by atoms with Crippen LogP contribution in [-0.4, -0.2) is 14.2 Å². The van der Waals surface area contributed by atoms with E-state index >= 15 is 0 Å². The summed E-state index contributed by atoms with van der Waals surface area (Å²) in [5.41, 5.74) is 0.952. The lowest BCUT2D eigenvalue weighted by Crippen LogP contribution is -2.00. The van der Waals surface area contributed by atoms with Gasteiger partial charge < -0.3 is 14.8 Å². The van der Waals surface area contributed by atoms with E-state index in [9.17, 15) is 0 Å². The number of hydrogen-bond donors (Lipinski definition) is 1. The molecule has 4 heteroatoms. The molecule has 2 rings (SSSR count). The fourth-order valence-corrected chi connectivity index (χ4v) is 2.74. The number of thiophene rings is 1. The second kappa shape index (κ2) is 6.48. The Balaban J connectivity index is 2.09. The lowest BCUT2D eigenvalue weighted by Gasteiger charge is -2.11. The van der Waals surface area contributed by atoms with E-state index in [-0.39, 0.29) is 0 Å². The number of methoxy groups -OCH3 is 2. The molecule has 0 saturated heterocycles. The SMILES string of the molecule is CCc1ccc(CNc2cc(OC)ccc2OC)s1. The molecule has 0 amide bonds. The summed E-state index contributed by atoms with van der Waals surface area (Å²) in [6.45, 7) is 2.97. The number of nitrogens with one attached hydrogen (secondary N) is 1. The molecule has 0 spiro atoms. The largest absolute Gasteiger partial charge is 0.497 e. The summed E-state index contributed by atoms with van der Waals surface area (Å²) in [7, 11) is 3.34. The molecule has 0 bridgehead atoms. The molecule has 102 valence electrons. The van der Waals surface area contributed by atoms with Gasteiger partial charge in [0.25, 0.3) is 0 Å². The van der Waals surface area contributed by atoms with Gasteiger partial charge in [-0.1, -0.05) is 6.92 Å². The van der Waals surface area contributed by atoms with E-state index in [4.69, 9.17) is 9.47 Å². The molecule has 2 aromatic rings. The average molecular weight is 277 g/mol. The minimum absolute atomic E-state index is 0.800. The van der Waals surface area contributed by atoms with Crippen LogP contribution in [0.5, 0.6) is 11.5 Å². The molecule has 3 nitrogen and oxygen atoms in total. The lowest BCUT2D eigenvalue weighted by atomic mass is 10.2. The Morgan fingerprint density at radius 1 is 1.05 bits per heavy atom. The van der Waals surface area contributed by atoms with Crippen LogP contribution in [0.4, 0.5) is 5.69 Å². The average Bonchev–Trinajstić information content (AvgIpc) is 2.92. The first kappa shape index (κ1) is 13.7. The number of benzene rings is 1. The van der Waals surface area contributed by atoms with Crippen LogP contribution < -0.4 is 14.8 Å². The Bertz CT molecular complexity index is 537. The standard InChI is InChI=1S/C15H19NO2S/c1-4-12-6-7-13(19-12)10-16-14-9-11(17-2)5-8-15(14)18-3/h5-9,16H,4,10H2,1-3H3. The topological polar surface area (TPSA) is 30.5 Å². The molecule has 1 N–H and O–H groups in total. The van der Waals surface area contributed by atoms with Crippen molar-refractivity contribution in [1.29, 1.82) is 0 Å². The molecule has 0 aliphatic carbocycles. The van der Waals surface area contributed by atoms with Gasteiger partial charge in [-0.15, -0.1) is 11.3 Å². The van der Waals surface area contributed by atoms with Crippen LogP contribution in [0.2, 0.25) is 0 Å². The van der Waals surface area contributed by atoms with Crippen LogP contribution in [0.3, 0.4) is 0 Å². The van der Waals surface area contributed by atoms with Crippen molar-refractivity contribution in [2.75, 3.05) is 19.5 Å². The number of rotatable bonds is 6. The third-order valence-corrected chi connectivity index (χ3v) is 4.16. The van der Waals surface area contributed by atoms with Crippen LogP contribution in [-0.2, 0) is 13.0 Å². The Labute approximate surface area is 118 Å². The molecule has 1 aromatic carbocycles. The molecule has 0 atom stereocenters. The number of anilines is 1. The van der Waals surface area contributed by atoms with E-state index in [1.807, 2.05) is 29.5 Å². The minimum atomic E-state index is 0.800. The molecule has 0 saturated carbocycles. The fraction of sp³-hybridized carbons (Fsp3) is 0.333. The molecule has 1 aromatic heterocycles. The molecule has 0 aliphatic rings. The van der Waals surface area contributed by atoms with Crippen LogP contribution >= 0.6 is 11.3 Å². The van der Waals surface area contributed by atoms with Crippen molar-refractivity contribution in [3.8, 4) is 11.5 Å². The first-order valence-electron chi connectivity index (χ1n) is 6.30. The molecule has 0 unspecified atom stereocenters. The van der Waals surface area contributed by atoms with Crippen LogP contribution in [0.15, 0.2) is 30.3 Å². The molecular weight excluding hydrogens is 258 g/mol. The molecule has 19 heavy (non-hydrogen) atoms. The van der Waals surface area contributed by atoms with Crippen molar-refractivity contribution < 1.29 is 9.47 Å². The Hall–Kier alpha value is -1.68. The van der Waals surface area contributed by atoms with E-state index in [1.165, 1.54) is 9.75 Å². The predicted octanol–water partition coefficient (Wildman–Crippen LogP) is 3.94. The van der Waals surface area contributed by atoms with Crippen LogP contribution in [0.1, 0.15) is 16.7 Å². The Morgan fingerprint density at radius 2 is 1.84 bits per heavy atom. The number of hydrogen-bond acceptors (Lipinski definition) is 4. The van der Waals surface area contributed by atoms with Crippen molar-refractivity contribution in [3.05, 3.63) is 40.1 Å². The van der Waals surface area contributed by atoms with Gasteiger partial charge in [0.1, 0.15) is 11.5 Å². The quantitative estimate of drug-likeness (QED) is 0.867. The highest BCUT2D eigenvalue weighted by atomic mass is 32.1. The van der Waals surface area contributed by atoms with Gasteiger partial charge in [0.2, 0.25) is 0 Å². The summed E-state index contributed by atoms with van der Waals surface area (Å²) < 4.78 is 10.6. The maximum atomic E-state index is 5.34. The smallest absolute Gasteiger partial charge is 0.142 e. The maximum absolute atomic E-state index is 5.34. The summed E-state index contributed by atoms with van der Waals surface area (Å²) in [6.07, 6.45) is 1.09. The lowest BCUT2D eigenvalue weighted by molar-refractivity contribution is 0.404. The third kappa shape index (κ3) is 3.41. The van der Waals surface area contributed by atoms with Crippen LogP contribution in [0, 0.1) is 0 Å². The number of aryl methyl sites for hydroxylation is 1. The molecule has 0 fully saturated rings. The zero-order valence-corrected chi connectivity index (χ0v) is 12.3. The van der Waals surface area contributed by atoms with Gasteiger partial charge in [-0.05, 0) is 30.7 Å². The van der Waals surface area contributed by atoms with Gasteiger partial charge in [-0.3, -0.25) is 0 Å². The Kier molecular flexibility index (Phi) is 4.68. The van der Waals surface area contributed by atoms with Crippen molar-refractivity contribution >= 4 is 17.0 Å². The summed E-state index contributed by atoms with van der Waals surface area (Å²) in [5.74, 6) is 1.65. The molecule has 1 heterocycles. The van der Waals surface area contributed by atoms with Gasteiger partial charge in [0.05, 0.1) is 19.9 Å². The minimum Gasteiger partial charge on any atom is -0.497 e. The van der Waals surface area contributed by atoms with Gasteiger partial charge in [-0.2, -0.15) is 0 Å². The van der Waals surface area contributed by atoms with Crippen LogP contribution in [0.25, 0.3) is 0 Å². The molecular formula is C15H19NO2S. The summed E-state index contributed by atoms with van der Waals surface area (Å²) >= 11 is 1.84. The second-order valence-corrected chi connectivity index (χ2v) is 5.39. The van der Waals surface area contributed by atoms with Crippen molar-refractivity contribution in [2.24, 2.45) is 0 Å². The van der Waals surface area contributed by atoms with E-state index in [0.29, 0.717) is 0 Å². The highest BCUT2D eigenvalue weighted by Crippen LogP contribution is 2.29. The highest BCUT2D eigenvalue weighted by Gasteiger charge is 2.05. The van der Waals surface area contributed by atoms with Crippen molar-refractivity contribution in [1.82, 2.24) is 0 Å². The van der Waals surface area contributed by atoms with Crippen molar-refractivity contribution in [3.63, 3.8) is 0 Å². The monoisotopic (exact) mass is 277 g/mol. The first-order valence-corrected chi connectivity index (χ1v) is 7.12. The van der Waals surface area contributed by atoms with Gasteiger partial charge in [-0.25, -0.2) is 0 Å². The zero-order chi connectivity index (χ0) is 13.7. The Morgan fingerprint density at radius 3 is 2.47 bits per heavy atom. The van der Waals surface area contributed by atoms with Crippen molar-refractivity contribution in [2.45, 2.75) is 19.9 Å². The fourth-order valence-electron chi connectivity index (χ4n) is 1.84. The first-order chi connectivity index (χ1) is 9.26. The van der Waals surface area contributed by atoms with E-state index in [2.05, 4.69) is 24.4 Å². The van der Waals surface area contributed by atoms with Gasteiger partial charge >= 0.3 is 0 Å². The molecule has 0 aliphatic heterocycles. The zero-order valence-electron chi connectivity index (χ0n) is 11.5. The highest BCUT2D eigenvalue weighted by molar-refractivity contribution is 7.12. The summed E-state index contributed by atoms with van der Waals surface area (Å²) in [5, 5.41) is 3.40. The van der Waals surface area contributed by atoms with Gasteiger partial charge in [0.15, 0.2) is 0 Å². The maximum Gasteiger partial charge on any atom is 0.142 e. The summed E-state index contributed by atoms with van der Waals surface area (Å²) in [4.78, 5) is 2.73. The molecule has 0 radical (unpaired) electrons.